The van der Waals surface area contributed by atoms with Crippen molar-refractivity contribution in [2.24, 2.45) is 0 Å². The lowest BCUT2D eigenvalue weighted by Crippen LogP contribution is -2.52. The SMILES string of the molecule is C[C@@]1(O)[C@H](O)[C@@](CF)(OP(=O)(OCOC(=O)OC2COC2)OCOC(=O)OC2COC2)O[C@H]1n1ccc(=O)[nH]c1=O. The number of hydrogen-bond acceptors (Lipinski definition) is 17. The Bertz CT molecular complexity index is 1220. The molecule has 0 amide bonds. The van der Waals surface area contributed by atoms with Crippen molar-refractivity contribution in [3.63, 3.8) is 0 Å². The number of phosphoric acid groups is 1. The molecular formula is C20H26FN2O17P. The molecule has 0 bridgehead atoms. The van der Waals surface area contributed by atoms with Gasteiger partial charge in [-0.05, 0) is 6.92 Å². The van der Waals surface area contributed by atoms with Gasteiger partial charge in [0.15, 0.2) is 18.4 Å². The predicted octanol–water partition coefficient (Wildman–Crippen LogP) is -0.980. The number of aliphatic hydroxyl groups is 2. The van der Waals surface area contributed by atoms with Gasteiger partial charge in [-0.1, -0.05) is 0 Å². The maximum atomic E-state index is 14.5. The van der Waals surface area contributed by atoms with Crippen LogP contribution in [-0.4, -0.2) is 108 Å². The van der Waals surface area contributed by atoms with Crippen LogP contribution in [0.4, 0.5) is 14.0 Å². The fourth-order valence-electron chi connectivity index (χ4n) is 3.57. The second-order valence-corrected chi connectivity index (χ2v) is 10.5. The molecular weight excluding hydrogens is 590 g/mol. The van der Waals surface area contributed by atoms with Crippen LogP contribution in [0.1, 0.15) is 13.2 Å². The smallest absolute Gasteiger partial charge is 0.426 e. The van der Waals surface area contributed by atoms with E-state index >= 15 is 0 Å². The number of hydrogen-bond donors (Lipinski definition) is 3. The van der Waals surface area contributed by atoms with Crippen LogP contribution in [0.2, 0.25) is 0 Å². The molecule has 4 rings (SSSR count). The first-order valence-corrected chi connectivity index (χ1v) is 13.2. The van der Waals surface area contributed by atoms with E-state index in [0.29, 0.717) is 4.57 Å². The molecule has 3 N–H and O–H groups in total. The molecule has 3 aliphatic rings. The molecule has 4 atom stereocenters. The molecule has 21 heteroatoms. The molecule has 0 unspecified atom stereocenters. The van der Waals surface area contributed by atoms with E-state index in [2.05, 4.69) is 9.47 Å². The number of rotatable bonds is 12. The Morgan fingerprint density at radius 1 is 1.10 bits per heavy atom. The van der Waals surface area contributed by atoms with Crippen LogP contribution in [0, 0.1) is 0 Å². The van der Waals surface area contributed by atoms with Crippen molar-refractivity contribution in [1.29, 1.82) is 0 Å². The van der Waals surface area contributed by atoms with Gasteiger partial charge >= 0.3 is 25.8 Å². The quantitative estimate of drug-likeness (QED) is 0.145. The molecule has 0 aromatic carbocycles. The van der Waals surface area contributed by atoms with E-state index in [1.54, 1.807) is 0 Å². The first-order valence-electron chi connectivity index (χ1n) is 11.8. The summed E-state index contributed by atoms with van der Waals surface area (Å²) in [6.07, 6.45) is -7.15. The highest BCUT2D eigenvalue weighted by atomic mass is 31.2. The van der Waals surface area contributed by atoms with Crippen molar-refractivity contribution >= 4 is 20.1 Å². The van der Waals surface area contributed by atoms with Gasteiger partial charge in [-0.2, -0.15) is 0 Å². The molecule has 0 saturated carbocycles. The number of aromatic nitrogens is 2. The van der Waals surface area contributed by atoms with Crippen molar-refractivity contribution in [3.05, 3.63) is 33.1 Å². The Balaban J connectivity index is 1.49. The summed E-state index contributed by atoms with van der Waals surface area (Å²) >= 11 is 0. The maximum Gasteiger partial charge on any atom is 0.510 e. The van der Waals surface area contributed by atoms with Gasteiger partial charge in [0.05, 0.1) is 26.4 Å². The average Bonchev–Trinajstić information content (AvgIpc) is 3.04. The van der Waals surface area contributed by atoms with E-state index in [-0.39, 0.29) is 26.4 Å². The number of halogens is 1. The molecule has 0 spiro atoms. The van der Waals surface area contributed by atoms with Gasteiger partial charge in [-0.3, -0.25) is 14.3 Å². The van der Waals surface area contributed by atoms with Gasteiger partial charge < -0.3 is 43.4 Å². The molecule has 4 heterocycles. The van der Waals surface area contributed by atoms with Gasteiger partial charge in [0.1, 0.15) is 18.4 Å². The fraction of sp³-hybridized carbons (Fsp3) is 0.700. The van der Waals surface area contributed by atoms with Crippen molar-refractivity contribution < 1.29 is 75.5 Å². The lowest BCUT2D eigenvalue weighted by molar-refractivity contribution is -0.239. The van der Waals surface area contributed by atoms with Crippen molar-refractivity contribution in [3.8, 4) is 0 Å². The Hall–Kier alpha value is -2.94. The molecule has 1 aromatic heterocycles. The van der Waals surface area contributed by atoms with Gasteiger partial charge in [0, 0.05) is 12.3 Å². The molecule has 230 valence electrons. The lowest BCUT2D eigenvalue weighted by atomic mass is 9.95. The van der Waals surface area contributed by atoms with E-state index in [9.17, 15) is 38.3 Å². The van der Waals surface area contributed by atoms with E-state index in [1.807, 2.05) is 4.98 Å². The summed E-state index contributed by atoms with van der Waals surface area (Å²) in [6, 6.07) is 0.874. The second-order valence-electron chi connectivity index (χ2n) is 8.94. The minimum absolute atomic E-state index is 0.120. The summed E-state index contributed by atoms with van der Waals surface area (Å²) in [5.41, 5.74) is -4.45. The molecule has 19 nitrogen and oxygen atoms in total. The zero-order chi connectivity index (χ0) is 29.8. The number of nitrogens with zero attached hydrogens (tertiary/aromatic N) is 1. The van der Waals surface area contributed by atoms with E-state index in [0.717, 1.165) is 19.2 Å². The highest BCUT2D eigenvalue weighted by Gasteiger charge is 2.66. The molecule has 41 heavy (non-hydrogen) atoms. The number of phosphoric ester groups is 1. The fourth-order valence-corrected chi connectivity index (χ4v) is 4.68. The first-order chi connectivity index (χ1) is 19.4. The summed E-state index contributed by atoms with van der Waals surface area (Å²) in [5, 5.41) is 21.7. The van der Waals surface area contributed by atoms with E-state index in [4.69, 9.17) is 37.3 Å². The molecule has 0 aliphatic carbocycles. The predicted molar refractivity (Wildman–Crippen MR) is 122 cm³/mol. The molecule has 0 radical (unpaired) electrons. The third kappa shape index (κ3) is 7.11. The summed E-state index contributed by atoms with van der Waals surface area (Å²) in [7, 11) is -5.24. The Kier molecular flexibility index (Phi) is 9.46. The van der Waals surface area contributed by atoms with Crippen LogP contribution in [0.5, 0.6) is 0 Å². The summed E-state index contributed by atoms with van der Waals surface area (Å²) in [6.45, 7) is -2.80. The number of carbonyl (C=O) groups excluding carboxylic acids is 2. The summed E-state index contributed by atoms with van der Waals surface area (Å²) < 4.78 is 77.3. The minimum atomic E-state index is -5.24. The number of ether oxygens (including phenoxy) is 7. The van der Waals surface area contributed by atoms with Crippen molar-refractivity contribution in [2.75, 3.05) is 46.7 Å². The van der Waals surface area contributed by atoms with E-state index in [1.165, 1.54) is 0 Å². The Morgan fingerprint density at radius 3 is 2.07 bits per heavy atom. The van der Waals surface area contributed by atoms with Gasteiger partial charge in [-0.25, -0.2) is 36.9 Å². The van der Waals surface area contributed by atoms with E-state index < -0.39 is 87.6 Å². The molecule has 1 aromatic rings. The van der Waals surface area contributed by atoms with Gasteiger partial charge in [0.2, 0.25) is 19.4 Å². The maximum absolute atomic E-state index is 14.5. The van der Waals surface area contributed by atoms with Gasteiger partial charge in [-0.15, -0.1) is 0 Å². The number of aliphatic hydroxyl groups excluding tert-OH is 1. The van der Waals surface area contributed by atoms with Crippen LogP contribution >= 0.6 is 7.82 Å². The Morgan fingerprint density at radius 2 is 1.63 bits per heavy atom. The summed E-state index contributed by atoms with van der Waals surface area (Å²) in [4.78, 5) is 49.1. The normalized spacial score (nSPS) is 28.4. The molecule has 3 aliphatic heterocycles. The number of aromatic amines is 1. The minimum Gasteiger partial charge on any atom is -0.426 e. The zero-order valence-corrected chi connectivity index (χ0v) is 22.1. The standard InChI is InChI=1S/C20H26FN2O17P/c1-19(29)14(25)20(8-21,39-15(19)23-3-2-13(24)22-16(23)26)40-41(30,35-9-33-17(27)37-11-4-31-5-11)36-10-34-18(28)38-12-6-32-7-12/h2-3,11-12,14-15,25,29H,4-10H2,1H3,(H,22,24,26)/t14-,15+,19+,20+/m0/s1. The Labute approximate surface area is 228 Å². The summed E-state index contributed by atoms with van der Waals surface area (Å²) in [5.74, 6) is -3.05. The highest BCUT2D eigenvalue weighted by molar-refractivity contribution is 7.48. The molecule has 3 fully saturated rings. The van der Waals surface area contributed by atoms with Gasteiger partial charge in [0.25, 0.3) is 5.56 Å². The van der Waals surface area contributed by atoms with Crippen molar-refractivity contribution in [2.45, 2.75) is 42.9 Å². The van der Waals surface area contributed by atoms with Crippen LogP contribution in [0.3, 0.4) is 0 Å². The van der Waals surface area contributed by atoms with Crippen LogP contribution in [-0.2, 0) is 51.3 Å². The van der Waals surface area contributed by atoms with Crippen LogP contribution in [0.25, 0.3) is 0 Å². The first kappa shape index (κ1) is 31.0. The third-order valence-electron chi connectivity index (χ3n) is 5.85. The van der Waals surface area contributed by atoms with Crippen LogP contribution < -0.4 is 11.2 Å². The number of alkyl halides is 1. The number of H-pyrrole nitrogens is 1. The topological polar surface area (TPSA) is 239 Å². The monoisotopic (exact) mass is 616 g/mol. The highest BCUT2D eigenvalue weighted by Crippen LogP contribution is 2.58. The second kappa shape index (κ2) is 12.5. The van der Waals surface area contributed by atoms with Crippen LogP contribution in [0.15, 0.2) is 21.9 Å². The zero-order valence-electron chi connectivity index (χ0n) is 21.2. The lowest BCUT2D eigenvalue weighted by Gasteiger charge is -2.32. The third-order valence-corrected chi connectivity index (χ3v) is 7.23. The average molecular weight is 616 g/mol. The van der Waals surface area contributed by atoms with Crippen molar-refractivity contribution in [1.82, 2.24) is 9.55 Å². The largest absolute Gasteiger partial charge is 0.510 e. The number of carbonyl (C=O) groups is 2. The molecule has 3 saturated heterocycles. The number of nitrogens with one attached hydrogen (secondary N) is 1.